The van der Waals surface area contributed by atoms with Gasteiger partial charge in [0, 0.05) is 31.6 Å². The molecule has 7 heteroatoms. The fraction of sp³-hybridized carbons (Fsp3) is 0.467. The second-order valence-corrected chi connectivity index (χ2v) is 5.35. The van der Waals surface area contributed by atoms with Gasteiger partial charge in [0.1, 0.15) is 0 Å². The van der Waals surface area contributed by atoms with Gasteiger partial charge >= 0.3 is 6.18 Å². The summed E-state index contributed by atoms with van der Waals surface area (Å²) in [7, 11) is 0. The van der Waals surface area contributed by atoms with Crippen LogP contribution in [0, 0.1) is 0 Å². The molecule has 0 bridgehead atoms. The van der Waals surface area contributed by atoms with Gasteiger partial charge in [0.25, 0.3) is 5.91 Å². The first kappa shape index (κ1) is 16.3. The molecule has 1 heterocycles. The van der Waals surface area contributed by atoms with Crippen LogP contribution in [0.1, 0.15) is 35.7 Å². The first-order valence-electron chi connectivity index (χ1n) is 7.01. The maximum Gasteiger partial charge on any atom is 0.416 e. The average Bonchev–Trinajstić information content (AvgIpc) is 2.46. The van der Waals surface area contributed by atoms with Crippen LogP contribution in [0.15, 0.2) is 24.3 Å². The number of nitrogens with one attached hydrogen (secondary N) is 1. The van der Waals surface area contributed by atoms with Gasteiger partial charge in [-0.3, -0.25) is 9.59 Å². The molecule has 2 amide bonds. The number of amides is 2. The zero-order valence-electron chi connectivity index (χ0n) is 12.1. The van der Waals surface area contributed by atoms with Crippen LogP contribution in [0.2, 0.25) is 0 Å². The van der Waals surface area contributed by atoms with Crippen LogP contribution < -0.4 is 5.32 Å². The van der Waals surface area contributed by atoms with Gasteiger partial charge in [-0.15, -0.1) is 0 Å². The number of carbonyl (C=O) groups is 2. The van der Waals surface area contributed by atoms with Crippen molar-refractivity contribution < 1.29 is 22.8 Å². The van der Waals surface area contributed by atoms with Gasteiger partial charge in [0.15, 0.2) is 0 Å². The molecule has 22 heavy (non-hydrogen) atoms. The molecule has 0 saturated carbocycles. The number of rotatable bonds is 2. The summed E-state index contributed by atoms with van der Waals surface area (Å²) in [6.07, 6.45) is -3.26. The number of carbonyl (C=O) groups excluding carboxylic acids is 2. The second-order valence-electron chi connectivity index (χ2n) is 5.35. The zero-order chi connectivity index (χ0) is 16.3. The standard InChI is InChI=1S/C15H17F3N2O2/c1-10(21)19-13-5-7-20(8-6-13)14(22)11-3-2-4-12(9-11)15(16,17)18/h2-4,9,13H,5-8H2,1H3,(H,19,21). The molecule has 120 valence electrons. The van der Waals surface area contributed by atoms with Gasteiger partial charge < -0.3 is 10.2 Å². The van der Waals surface area contributed by atoms with E-state index in [9.17, 15) is 22.8 Å². The number of hydrogen-bond donors (Lipinski definition) is 1. The monoisotopic (exact) mass is 314 g/mol. The highest BCUT2D eigenvalue weighted by molar-refractivity contribution is 5.94. The molecule has 4 nitrogen and oxygen atoms in total. The molecule has 0 radical (unpaired) electrons. The van der Waals surface area contributed by atoms with Crippen molar-refractivity contribution >= 4 is 11.8 Å². The highest BCUT2D eigenvalue weighted by atomic mass is 19.4. The number of halogens is 3. The molecule has 1 aromatic rings. The predicted molar refractivity (Wildman–Crippen MR) is 74.2 cm³/mol. The minimum absolute atomic E-state index is 0.0167. The molecule has 0 aliphatic carbocycles. The maximum absolute atomic E-state index is 12.7. The molecule has 0 atom stereocenters. The van der Waals surface area contributed by atoms with Gasteiger partial charge in [-0.25, -0.2) is 0 Å². The summed E-state index contributed by atoms with van der Waals surface area (Å²) in [4.78, 5) is 24.8. The Bertz CT molecular complexity index is 564. The van der Waals surface area contributed by atoms with Gasteiger partial charge in [-0.1, -0.05) is 6.07 Å². The van der Waals surface area contributed by atoms with E-state index in [1.165, 1.54) is 24.0 Å². The molecular formula is C15H17F3N2O2. The van der Waals surface area contributed by atoms with Crippen LogP contribution in [0.4, 0.5) is 13.2 Å². The molecule has 2 rings (SSSR count). The first-order valence-corrected chi connectivity index (χ1v) is 7.01. The average molecular weight is 314 g/mol. The number of nitrogens with zero attached hydrogens (tertiary/aromatic N) is 1. The highest BCUT2D eigenvalue weighted by Gasteiger charge is 2.31. The fourth-order valence-corrected chi connectivity index (χ4v) is 2.53. The third kappa shape index (κ3) is 3.99. The Kier molecular flexibility index (Phi) is 4.73. The van der Waals surface area contributed by atoms with Crippen LogP contribution in [0.5, 0.6) is 0 Å². The molecule has 0 unspecified atom stereocenters. The van der Waals surface area contributed by atoms with Gasteiger partial charge in [0.2, 0.25) is 5.91 Å². The summed E-state index contributed by atoms with van der Waals surface area (Å²) in [5.74, 6) is -0.532. The van der Waals surface area contributed by atoms with E-state index in [0.29, 0.717) is 25.9 Å². The molecule has 1 saturated heterocycles. The van der Waals surface area contributed by atoms with Gasteiger partial charge in [-0.2, -0.15) is 13.2 Å². The van der Waals surface area contributed by atoms with E-state index in [1.54, 1.807) is 0 Å². The Morgan fingerprint density at radius 2 is 1.86 bits per heavy atom. The third-order valence-electron chi connectivity index (χ3n) is 3.63. The summed E-state index contributed by atoms with van der Waals surface area (Å²) in [6, 6.07) is 4.46. The number of hydrogen-bond acceptors (Lipinski definition) is 2. The lowest BCUT2D eigenvalue weighted by Crippen LogP contribution is -2.46. The topological polar surface area (TPSA) is 49.4 Å². The van der Waals surface area contributed by atoms with Crippen LogP contribution in [-0.2, 0) is 11.0 Å². The molecule has 1 aliphatic rings. The van der Waals surface area contributed by atoms with Crippen molar-refractivity contribution in [3.63, 3.8) is 0 Å². The van der Waals surface area contributed by atoms with Crippen LogP contribution in [0.25, 0.3) is 0 Å². The van der Waals surface area contributed by atoms with Crippen molar-refractivity contribution in [1.29, 1.82) is 0 Å². The largest absolute Gasteiger partial charge is 0.416 e. The number of likely N-dealkylation sites (tertiary alicyclic amines) is 1. The Balaban J connectivity index is 2.03. The number of alkyl halides is 3. The van der Waals surface area contributed by atoms with Crippen molar-refractivity contribution in [2.45, 2.75) is 32.0 Å². The van der Waals surface area contributed by atoms with Crippen molar-refractivity contribution in [2.24, 2.45) is 0 Å². The molecule has 1 aliphatic heterocycles. The third-order valence-corrected chi connectivity index (χ3v) is 3.63. The molecule has 0 aromatic heterocycles. The summed E-state index contributed by atoms with van der Waals surface area (Å²) >= 11 is 0. The Hall–Kier alpha value is -2.05. The molecule has 1 fully saturated rings. The second kappa shape index (κ2) is 6.37. The minimum Gasteiger partial charge on any atom is -0.353 e. The Morgan fingerprint density at radius 3 is 2.41 bits per heavy atom. The SMILES string of the molecule is CC(=O)NC1CCN(C(=O)c2cccc(C(F)(F)F)c2)CC1. The van der Waals surface area contributed by atoms with Crippen LogP contribution in [0.3, 0.4) is 0 Å². The van der Waals surface area contributed by atoms with E-state index in [4.69, 9.17) is 0 Å². The molecule has 1 aromatic carbocycles. The van der Waals surface area contributed by atoms with E-state index < -0.39 is 17.6 Å². The van der Waals surface area contributed by atoms with Crippen molar-refractivity contribution in [3.05, 3.63) is 35.4 Å². The maximum atomic E-state index is 12.7. The van der Waals surface area contributed by atoms with Crippen molar-refractivity contribution in [1.82, 2.24) is 10.2 Å². The summed E-state index contributed by atoms with van der Waals surface area (Å²) in [5.41, 5.74) is -0.792. The fourth-order valence-electron chi connectivity index (χ4n) is 2.53. The van der Waals surface area contributed by atoms with E-state index >= 15 is 0 Å². The quantitative estimate of drug-likeness (QED) is 0.911. The molecule has 1 N–H and O–H groups in total. The first-order chi connectivity index (χ1) is 10.3. The lowest BCUT2D eigenvalue weighted by atomic mass is 10.0. The smallest absolute Gasteiger partial charge is 0.353 e. The number of piperidine rings is 1. The lowest BCUT2D eigenvalue weighted by Gasteiger charge is -2.32. The predicted octanol–water partition coefficient (Wildman–Crippen LogP) is 2.45. The van der Waals surface area contributed by atoms with Gasteiger partial charge in [0.05, 0.1) is 5.56 Å². The number of benzene rings is 1. The summed E-state index contributed by atoms with van der Waals surface area (Å²) < 4.78 is 38.0. The van der Waals surface area contributed by atoms with E-state index in [0.717, 1.165) is 12.1 Å². The molecule has 0 spiro atoms. The van der Waals surface area contributed by atoms with Crippen LogP contribution >= 0.6 is 0 Å². The normalized spacial score (nSPS) is 16.5. The highest BCUT2D eigenvalue weighted by Crippen LogP contribution is 2.30. The van der Waals surface area contributed by atoms with E-state index in [-0.39, 0.29) is 17.5 Å². The van der Waals surface area contributed by atoms with Crippen molar-refractivity contribution in [2.75, 3.05) is 13.1 Å². The minimum atomic E-state index is -4.46. The molecular weight excluding hydrogens is 297 g/mol. The lowest BCUT2D eigenvalue weighted by molar-refractivity contribution is -0.137. The summed E-state index contributed by atoms with van der Waals surface area (Å²) in [5, 5.41) is 2.78. The van der Waals surface area contributed by atoms with E-state index in [2.05, 4.69) is 5.32 Å². The zero-order valence-corrected chi connectivity index (χ0v) is 12.1. The summed E-state index contributed by atoms with van der Waals surface area (Å²) in [6.45, 7) is 2.26. The van der Waals surface area contributed by atoms with Crippen LogP contribution in [-0.4, -0.2) is 35.8 Å². The Labute approximate surface area is 126 Å². The van der Waals surface area contributed by atoms with Gasteiger partial charge in [-0.05, 0) is 31.0 Å². The van der Waals surface area contributed by atoms with E-state index in [1.807, 2.05) is 0 Å². The Morgan fingerprint density at radius 1 is 1.23 bits per heavy atom. The van der Waals surface area contributed by atoms with Crippen molar-refractivity contribution in [3.8, 4) is 0 Å².